The van der Waals surface area contributed by atoms with E-state index in [9.17, 15) is 9.59 Å². The number of hydrogen-bond donors (Lipinski definition) is 2. The summed E-state index contributed by atoms with van der Waals surface area (Å²) in [6.07, 6.45) is 0.394. The second-order valence-electron chi connectivity index (χ2n) is 4.75. The van der Waals surface area contributed by atoms with Gasteiger partial charge in [-0.1, -0.05) is 0 Å². The van der Waals surface area contributed by atoms with E-state index in [2.05, 4.69) is 10.6 Å². The van der Waals surface area contributed by atoms with E-state index in [1.54, 1.807) is 0 Å². The lowest BCUT2D eigenvalue weighted by atomic mass is 10.1. The van der Waals surface area contributed by atoms with E-state index in [1.807, 2.05) is 20.8 Å². The SMILES string of the molecule is CC(C)(C)NC(=O)O[C@H]1CCC(=O)NC1. The van der Waals surface area contributed by atoms with Gasteiger partial charge in [0.15, 0.2) is 0 Å². The first-order chi connectivity index (χ1) is 6.87. The van der Waals surface area contributed by atoms with Gasteiger partial charge in [-0.15, -0.1) is 0 Å². The monoisotopic (exact) mass is 214 g/mol. The maximum Gasteiger partial charge on any atom is 0.407 e. The van der Waals surface area contributed by atoms with Gasteiger partial charge in [-0.3, -0.25) is 4.79 Å². The summed E-state index contributed by atoms with van der Waals surface area (Å²) in [6.45, 7) is 6.07. The maximum absolute atomic E-state index is 11.4. The number of hydrogen-bond acceptors (Lipinski definition) is 3. The van der Waals surface area contributed by atoms with Gasteiger partial charge < -0.3 is 15.4 Å². The molecule has 0 aromatic heterocycles. The van der Waals surface area contributed by atoms with Gasteiger partial charge in [0.05, 0.1) is 6.54 Å². The Morgan fingerprint density at radius 2 is 2.20 bits per heavy atom. The van der Waals surface area contributed by atoms with Crippen LogP contribution in [-0.4, -0.2) is 30.2 Å². The number of piperidine rings is 1. The van der Waals surface area contributed by atoms with Crippen LogP contribution in [0.25, 0.3) is 0 Å². The lowest BCUT2D eigenvalue weighted by Crippen LogP contribution is -2.46. The van der Waals surface area contributed by atoms with E-state index in [0.717, 1.165) is 0 Å². The Balaban J connectivity index is 2.29. The third-order valence-corrected chi connectivity index (χ3v) is 1.97. The summed E-state index contributed by atoms with van der Waals surface area (Å²) in [4.78, 5) is 22.2. The molecule has 15 heavy (non-hydrogen) atoms. The Kier molecular flexibility index (Phi) is 3.55. The molecule has 0 bridgehead atoms. The molecule has 1 aliphatic heterocycles. The van der Waals surface area contributed by atoms with Crippen LogP contribution in [0.5, 0.6) is 0 Å². The molecule has 86 valence electrons. The van der Waals surface area contributed by atoms with E-state index < -0.39 is 6.09 Å². The number of ether oxygens (including phenoxy) is 1. The topological polar surface area (TPSA) is 67.4 Å². The fourth-order valence-corrected chi connectivity index (χ4v) is 1.30. The first-order valence-corrected chi connectivity index (χ1v) is 5.12. The summed E-state index contributed by atoms with van der Waals surface area (Å²) >= 11 is 0. The van der Waals surface area contributed by atoms with Crippen molar-refractivity contribution in [2.75, 3.05) is 6.54 Å². The predicted octanol–water partition coefficient (Wildman–Crippen LogP) is 0.790. The summed E-state index contributed by atoms with van der Waals surface area (Å²) in [5, 5.41) is 5.36. The highest BCUT2D eigenvalue weighted by atomic mass is 16.6. The average molecular weight is 214 g/mol. The van der Waals surface area contributed by atoms with Crippen LogP contribution in [0.1, 0.15) is 33.6 Å². The van der Waals surface area contributed by atoms with Crippen LogP contribution in [-0.2, 0) is 9.53 Å². The molecule has 0 aliphatic carbocycles. The van der Waals surface area contributed by atoms with Crippen molar-refractivity contribution in [3.8, 4) is 0 Å². The minimum absolute atomic E-state index is 0.0195. The van der Waals surface area contributed by atoms with Crippen LogP contribution in [0.4, 0.5) is 4.79 Å². The van der Waals surface area contributed by atoms with Crippen LogP contribution in [0.2, 0.25) is 0 Å². The number of rotatable bonds is 1. The van der Waals surface area contributed by atoms with Crippen molar-refractivity contribution in [1.29, 1.82) is 0 Å². The van der Waals surface area contributed by atoms with Crippen LogP contribution in [0.15, 0.2) is 0 Å². The maximum atomic E-state index is 11.4. The van der Waals surface area contributed by atoms with E-state index >= 15 is 0 Å². The average Bonchev–Trinajstić information content (AvgIpc) is 2.05. The van der Waals surface area contributed by atoms with E-state index in [0.29, 0.717) is 19.4 Å². The normalized spacial score (nSPS) is 21.8. The zero-order valence-electron chi connectivity index (χ0n) is 9.42. The number of nitrogens with one attached hydrogen (secondary N) is 2. The van der Waals surface area contributed by atoms with Crippen molar-refractivity contribution in [2.24, 2.45) is 0 Å². The van der Waals surface area contributed by atoms with Crippen LogP contribution >= 0.6 is 0 Å². The lowest BCUT2D eigenvalue weighted by molar-refractivity contribution is -0.124. The largest absolute Gasteiger partial charge is 0.444 e. The third kappa shape index (κ3) is 4.67. The molecule has 0 radical (unpaired) electrons. The van der Waals surface area contributed by atoms with Gasteiger partial charge >= 0.3 is 6.09 Å². The van der Waals surface area contributed by atoms with Gasteiger partial charge in [0, 0.05) is 12.0 Å². The molecule has 1 heterocycles. The molecule has 1 atom stereocenters. The number of carbonyl (C=O) groups is 2. The molecule has 2 amide bonds. The lowest BCUT2D eigenvalue weighted by Gasteiger charge is -2.25. The fraction of sp³-hybridized carbons (Fsp3) is 0.800. The molecule has 1 fully saturated rings. The second kappa shape index (κ2) is 4.51. The molecule has 0 aromatic carbocycles. The molecule has 1 rings (SSSR count). The molecular weight excluding hydrogens is 196 g/mol. The van der Waals surface area contributed by atoms with Gasteiger partial charge in [-0.25, -0.2) is 4.79 Å². The van der Waals surface area contributed by atoms with E-state index in [-0.39, 0.29) is 17.6 Å². The molecule has 0 aromatic rings. The Morgan fingerprint density at radius 1 is 1.53 bits per heavy atom. The summed E-state index contributed by atoms with van der Waals surface area (Å²) < 4.78 is 5.15. The highest BCUT2D eigenvalue weighted by Gasteiger charge is 2.23. The predicted molar refractivity (Wildman–Crippen MR) is 55.4 cm³/mol. The Hall–Kier alpha value is -1.26. The van der Waals surface area contributed by atoms with Crippen molar-refractivity contribution >= 4 is 12.0 Å². The molecule has 5 nitrogen and oxygen atoms in total. The number of alkyl carbamates (subject to hydrolysis) is 1. The molecule has 0 unspecified atom stereocenters. The van der Waals surface area contributed by atoms with Crippen molar-refractivity contribution in [3.05, 3.63) is 0 Å². The third-order valence-electron chi connectivity index (χ3n) is 1.97. The first-order valence-electron chi connectivity index (χ1n) is 5.12. The minimum atomic E-state index is -0.427. The Labute approximate surface area is 89.6 Å². The van der Waals surface area contributed by atoms with Crippen molar-refractivity contribution in [2.45, 2.75) is 45.3 Å². The van der Waals surface area contributed by atoms with Gasteiger partial charge in [0.1, 0.15) is 6.10 Å². The quantitative estimate of drug-likeness (QED) is 0.678. The summed E-state index contributed by atoms with van der Waals surface area (Å²) in [5.74, 6) is 0.0195. The van der Waals surface area contributed by atoms with Gasteiger partial charge in [-0.2, -0.15) is 0 Å². The first kappa shape index (κ1) is 11.8. The second-order valence-corrected chi connectivity index (χ2v) is 4.75. The molecule has 1 aliphatic rings. The standard InChI is InChI=1S/C10H18N2O3/c1-10(2,3)12-9(14)15-7-4-5-8(13)11-6-7/h7H,4-6H2,1-3H3,(H,11,13)(H,12,14)/t7-/m0/s1. The smallest absolute Gasteiger partial charge is 0.407 e. The summed E-state index contributed by atoms with van der Waals surface area (Å²) in [5.41, 5.74) is -0.297. The zero-order valence-corrected chi connectivity index (χ0v) is 9.42. The van der Waals surface area contributed by atoms with Crippen molar-refractivity contribution in [3.63, 3.8) is 0 Å². The molecule has 5 heteroatoms. The van der Waals surface area contributed by atoms with E-state index in [4.69, 9.17) is 4.74 Å². The van der Waals surface area contributed by atoms with Crippen LogP contribution < -0.4 is 10.6 Å². The number of amides is 2. The van der Waals surface area contributed by atoms with Gasteiger partial charge in [0.2, 0.25) is 5.91 Å². The summed E-state index contributed by atoms with van der Waals surface area (Å²) in [6, 6.07) is 0. The van der Waals surface area contributed by atoms with Crippen molar-refractivity contribution in [1.82, 2.24) is 10.6 Å². The Morgan fingerprint density at radius 3 is 2.67 bits per heavy atom. The highest BCUT2D eigenvalue weighted by molar-refractivity contribution is 5.77. The van der Waals surface area contributed by atoms with E-state index in [1.165, 1.54) is 0 Å². The molecule has 0 saturated carbocycles. The number of carbonyl (C=O) groups excluding carboxylic acids is 2. The molecular formula is C10H18N2O3. The fourth-order valence-electron chi connectivity index (χ4n) is 1.30. The van der Waals surface area contributed by atoms with Gasteiger partial charge in [-0.05, 0) is 27.2 Å². The summed E-state index contributed by atoms with van der Waals surface area (Å²) in [7, 11) is 0. The van der Waals surface area contributed by atoms with Crippen LogP contribution in [0, 0.1) is 0 Å². The molecule has 2 N–H and O–H groups in total. The zero-order chi connectivity index (χ0) is 11.5. The minimum Gasteiger partial charge on any atom is -0.444 e. The van der Waals surface area contributed by atoms with Crippen LogP contribution in [0.3, 0.4) is 0 Å². The van der Waals surface area contributed by atoms with Gasteiger partial charge in [0.25, 0.3) is 0 Å². The highest BCUT2D eigenvalue weighted by Crippen LogP contribution is 2.08. The Bertz CT molecular complexity index is 248. The molecule has 0 spiro atoms. The van der Waals surface area contributed by atoms with Crippen molar-refractivity contribution < 1.29 is 14.3 Å². The molecule has 1 saturated heterocycles.